The van der Waals surface area contributed by atoms with E-state index in [-0.39, 0.29) is 11.5 Å². The molecule has 160 valence electrons. The summed E-state index contributed by atoms with van der Waals surface area (Å²) in [4.78, 5) is 0. The van der Waals surface area contributed by atoms with Gasteiger partial charge >= 0.3 is 0 Å². The highest BCUT2D eigenvalue weighted by Gasteiger charge is 2.57. The van der Waals surface area contributed by atoms with E-state index in [1.54, 1.807) is 0 Å². The third-order valence-corrected chi connectivity index (χ3v) is 9.27. The Hall–Kier alpha value is -0.900. The van der Waals surface area contributed by atoms with Crippen LogP contribution >= 0.6 is 0 Å². The molecule has 4 aliphatic rings. The number of hydrogen-bond acceptors (Lipinski definition) is 3. The molecule has 0 spiro atoms. The topological polar surface area (TPSA) is 38.7 Å². The molecular weight excluding hydrogens is 360 g/mol. The number of rotatable bonds is 3. The lowest BCUT2D eigenvalue weighted by Crippen LogP contribution is -2.58. The van der Waals surface area contributed by atoms with E-state index in [1.807, 2.05) is 0 Å². The maximum atomic E-state index is 10.6. The summed E-state index contributed by atoms with van der Waals surface area (Å²) in [6.07, 6.45) is 8.64. The van der Waals surface area contributed by atoms with E-state index in [4.69, 9.17) is 9.47 Å². The van der Waals surface area contributed by atoms with Gasteiger partial charge in [0, 0.05) is 5.41 Å². The van der Waals surface area contributed by atoms with Gasteiger partial charge < -0.3 is 14.6 Å². The molecule has 0 amide bonds. The molecule has 29 heavy (non-hydrogen) atoms. The van der Waals surface area contributed by atoms with Crippen LogP contribution in [0.15, 0.2) is 30.3 Å². The molecule has 3 nitrogen and oxygen atoms in total. The molecule has 3 saturated carbocycles. The van der Waals surface area contributed by atoms with Gasteiger partial charge in [-0.25, -0.2) is 0 Å². The van der Waals surface area contributed by atoms with Crippen molar-refractivity contribution >= 4 is 0 Å². The molecule has 1 heterocycles. The Morgan fingerprint density at radius 2 is 1.76 bits per heavy atom. The highest BCUT2D eigenvalue weighted by atomic mass is 16.5. The fourth-order valence-electron chi connectivity index (χ4n) is 7.65. The maximum absolute atomic E-state index is 10.6. The zero-order valence-electron chi connectivity index (χ0n) is 18.2. The van der Waals surface area contributed by atoms with Gasteiger partial charge in [-0.1, -0.05) is 37.3 Å². The Labute approximate surface area is 176 Å². The van der Waals surface area contributed by atoms with Gasteiger partial charge in [-0.15, -0.1) is 0 Å². The standard InChI is InChI=1S/C26H38O3/c1-25(27)12-10-20-19(14-25)8-9-22-21(20)11-13-26(2)23(22)16-28-17-24(26)29-15-18-6-4-3-5-7-18/h3-7,19-24,27H,8-17H2,1-2H3/t19-,20+,21-,22-,23+,24+,25-,26+/m1/s1. The molecule has 1 aliphatic heterocycles. The molecule has 4 fully saturated rings. The first-order chi connectivity index (χ1) is 14.0. The largest absolute Gasteiger partial charge is 0.390 e. The van der Waals surface area contributed by atoms with Crippen LogP contribution in [0, 0.1) is 35.0 Å². The van der Waals surface area contributed by atoms with Gasteiger partial charge in [0.2, 0.25) is 0 Å². The van der Waals surface area contributed by atoms with Crippen molar-refractivity contribution in [2.45, 2.75) is 77.1 Å². The highest BCUT2D eigenvalue weighted by Crippen LogP contribution is 2.60. The van der Waals surface area contributed by atoms with Crippen LogP contribution in [0.3, 0.4) is 0 Å². The van der Waals surface area contributed by atoms with Crippen LogP contribution in [-0.2, 0) is 16.1 Å². The first kappa shape index (κ1) is 20.0. The lowest BCUT2D eigenvalue weighted by atomic mass is 9.48. The first-order valence-electron chi connectivity index (χ1n) is 11.9. The lowest BCUT2D eigenvalue weighted by Gasteiger charge is -2.60. The number of aliphatic hydroxyl groups is 1. The molecule has 0 radical (unpaired) electrons. The summed E-state index contributed by atoms with van der Waals surface area (Å²) in [6, 6.07) is 10.5. The minimum absolute atomic E-state index is 0.201. The van der Waals surface area contributed by atoms with Crippen LogP contribution in [0.4, 0.5) is 0 Å². The van der Waals surface area contributed by atoms with Crippen LogP contribution in [0.1, 0.15) is 64.4 Å². The Morgan fingerprint density at radius 1 is 0.966 bits per heavy atom. The van der Waals surface area contributed by atoms with E-state index in [0.717, 1.165) is 49.7 Å². The van der Waals surface area contributed by atoms with Crippen molar-refractivity contribution in [3.05, 3.63) is 35.9 Å². The average molecular weight is 399 g/mol. The van der Waals surface area contributed by atoms with Crippen molar-refractivity contribution in [3.63, 3.8) is 0 Å². The fraction of sp³-hybridized carbons (Fsp3) is 0.769. The van der Waals surface area contributed by atoms with Crippen molar-refractivity contribution in [1.82, 2.24) is 0 Å². The summed E-state index contributed by atoms with van der Waals surface area (Å²) in [5.41, 5.74) is 1.06. The molecule has 0 unspecified atom stereocenters. The molecule has 1 saturated heterocycles. The van der Waals surface area contributed by atoms with Crippen LogP contribution in [0.25, 0.3) is 0 Å². The lowest BCUT2D eigenvalue weighted by molar-refractivity contribution is -0.210. The summed E-state index contributed by atoms with van der Waals surface area (Å²) >= 11 is 0. The quantitative estimate of drug-likeness (QED) is 0.759. The van der Waals surface area contributed by atoms with E-state index in [9.17, 15) is 5.11 Å². The molecule has 3 heteroatoms. The molecule has 1 aromatic rings. The van der Waals surface area contributed by atoms with Gasteiger partial charge in [-0.05, 0) is 87.0 Å². The van der Waals surface area contributed by atoms with Crippen LogP contribution < -0.4 is 0 Å². The SMILES string of the molecule is C[C@@]1(O)CC[C@H]2[C@H](CC[C@@H]3[C@@H]2CC[C@]2(C)[C@@H](OCc4ccccc4)COC[C@@H]32)C1. The van der Waals surface area contributed by atoms with Crippen molar-refractivity contribution < 1.29 is 14.6 Å². The molecule has 1 N–H and O–H groups in total. The fourth-order valence-corrected chi connectivity index (χ4v) is 7.65. The highest BCUT2D eigenvalue weighted by molar-refractivity contribution is 5.14. The molecule has 1 aromatic carbocycles. The predicted octanol–water partition coefficient (Wildman–Crippen LogP) is 5.21. The minimum atomic E-state index is -0.429. The zero-order chi connectivity index (χ0) is 20.1. The number of ether oxygens (including phenoxy) is 2. The van der Waals surface area contributed by atoms with Crippen LogP contribution in [0.2, 0.25) is 0 Å². The van der Waals surface area contributed by atoms with Gasteiger partial charge in [-0.2, -0.15) is 0 Å². The third-order valence-electron chi connectivity index (χ3n) is 9.27. The van der Waals surface area contributed by atoms with Crippen LogP contribution in [0.5, 0.6) is 0 Å². The van der Waals surface area contributed by atoms with E-state index in [1.165, 1.54) is 37.7 Å². The van der Waals surface area contributed by atoms with Gasteiger partial charge in [0.05, 0.1) is 31.5 Å². The molecule has 5 rings (SSSR count). The number of fused-ring (bicyclic) bond motifs is 5. The predicted molar refractivity (Wildman–Crippen MR) is 114 cm³/mol. The first-order valence-corrected chi connectivity index (χ1v) is 11.9. The molecule has 0 aromatic heterocycles. The Kier molecular flexibility index (Phi) is 5.29. The minimum Gasteiger partial charge on any atom is -0.390 e. The Morgan fingerprint density at radius 3 is 2.59 bits per heavy atom. The Balaban J connectivity index is 1.30. The summed E-state index contributed by atoms with van der Waals surface area (Å²) in [5.74, 6) is 3.79. The van der Waals surface area contributed by atoms with Crippen molar-refractivity contribution in [2.24, 2.45) is 35.0 Å². The van der Waals surface area contributed by atoms with Gasteiger partial charge in [0.25, 0.3) is 0 Å². The van der Waals surface area contributed by atoms with Crippen molar-refractivity contribution in [1.29, 1.82) is 0 Å². The van der Waals surface area contributed by atoms with Crippen molar-refractivity contribution in [2.75, 3.05) is 13.2 Å². The van der Waals surface area contributed by atoms with E-state index in [2.05, 4.69) is 44.2 Å². The van der Waals surface area contributed by atoms with Gasteiger partial charge in [0.1, 0.15) is 0 Å². The van der Waals surface area contributed by atoms with Crippen LogP contribution in [-0.4, -0.2) is 30.0 Å². The third kappa shape index (κ3) is 3.68. The summed E-state index contributed by atoms with van der Waals surface area (Å²) in [7, 11) is 0. The molecule has 3 aliphatic carbocycles. The molecular formula is C26H38O3. The van der Waals surface area contributed by atoms with Crippen molar-refractivity contribution in [3.8, 4) is 0 Å². The number of hydrogen-bond donors (Lipinski definition) is 1. The second-order valence-corrected chi connectivity index (χ2v) is 11.0. The summed E-state index contributed by atoms with van der Waals surface area (Å²) in [6.45, 7) is 6.88. The summed E-state index contributed by atoms with van der Waals surface area (Å²) in [5, 5.41) is 10.6. The van der Waals surface area contributed by atoms with E-state index in [0.29, 0.717) is 12.5 Å². The monoisotopic (exact) mass is 398 g/mol. The molecule has 8 atom stereocenters. The smallest absolute Gasteiger partial charge is 0.0870 e. The molecule has 0 bridgehead atoms. The Bertz CT molecular complexity index is 701. The zero-order valence-corrected chi connectivity index (χ0v) is 18.2. The normalized spacial score (nSPS) is 47.0. The van der Waals surface area contributed by atoms with E-state index < -0.39 is 5.60 Å². The average Bonchev–Trinajstić information content (AvgIpc) is 2.71. The van der Waals surface area contributed by atoms with Gasteiger partial charge in [-0.3, -0.25) is 0 Å². The summed E-state index contributed by atoms with van der Waals surface area (Å²) < 4.78 is 12.7. The van der Waals surface area contributed by atoms with Gasteiger partial charge in [0.15, 0.2) is 0 Å². The van der Waals surface area contributed by atoms with E-state index >= 15 is 0 Å². The maximum Gasteiger partial charge on any atom is 0.0870 e. The number of benzene rings is 1. The second kappa shape index (κ2) is 7.66. The second-order valence-electron chi connectivity index (χ2n) is 11.0.